The molecule has 2 heterocycles. The molecule has 0 bridgehead atoms. The topological polar surface area (TPSA) is 52.3 Å². The smallest absolute Gasteiger partial charge is 0.427 e. The van der Waals surface area contributed by atoms with E-state index in [0.717, 1.165) is 11.3 Å². The van der Waals surface area contributed by atoms with Crippen molar-refractivity contribution >= 4 is 40.1 Å². The number of carbonyl (C=O) groups excluding carboxylic acids is 1. The predicted octanol–water partition coefficient (Wildman–Crippen LogP) is 5.69. The number of ketones is 1. The Morgan fingerprint density at radius 3 is 2.60 bits per heavy atom. The van der Waals surface area contributed by atoms with Gasteiger partial charge in [-0.25, -0.2) is 0 Å². The Kier molecular flexibility index (Phi) is 4.87. The number of para-hydroxylation sites is 1. The molecule has 0 fully saturated rings. The monoisotopic (exact) mass is 479 g/mol. The minimum absolute atomic E-state index is 0.0785. The molecule has 4 nitrogen and oxygen atoms in total. The van der Waals surface area contributed by atoms with Gasteiger partial charge in [0.05, 0.1) is 15.3 Å². The van der Waals surface area contributed by atoms with Crippen molar-refractivity contribution < 1.29 is 25.6 Å². The Hall–Kier alpha value is -1.88. The molecule has 9 heteroatoms. The number of halogens is 4. The normalized spacial score (nSPS) is 11.6. The van der Waals surface area contributed by atoms with Crippen molar-refractivity contribution in [2.75, 3.05) is 0 Å². The molecule has 0 radical (unpaired) electrons. The van der Waals surface area contributed by atoms with Crippen LogP contribution in [0.25, 0.3) is 10.6 Å². The lowest BCUT2D eigenvalue weighted by molar-refractivity contribution is -0.156. The molecule has 0 unspecified atom stereocenters. The van der Waals surface area contributed by atoms with Crippen LogP contribution in [0.3, 0.4) is 0 Å². The summed E-state index contributed by atoms with van der Waals surface area (Å²) in [5.41, 5.74) is 0.345. The molecule has 2 aromatic heterocycles. The Morgan fingerprint density at radius 1 is 1.24 bits per heavy atom. The van der Waals surface area contributed by atoms with Crippen LogP contribution in [-0.4, -0.2) is 10.9 Å². The lowest BCUT2D eigenvalue weighted by Crippen LogP contribution is -2.04. The van der Waals surface area contributed by atoms with Gasteiger partial charge in [0.2, 0.25) is 11.5 Å². The summed E-state index contributed by atoms with van der Waals surface area (Å²) in [5.74, 6) is -0.992. The largest absolute Gasteiger partial charge is 0.452 e. The average molecular weight is 479 g/mol. The van der Waals surface area contributed by atoms with Crippen molar-refractivity contribution in [1.29, 1.82) is 0 Å². The second-order valence-corrected chi connectivity index (χ2v) is 6.57. The highest BCUT2D eigenvalue weighted by Crippen LogP contribution is 2.38. The number of carbonyl (C=O) groups is 1. The van der Waals surface area contributed by atoms with E-state index in [0.29, 0.717) is 21.1 Å². The highest BCUT2D eigenvalue weighted by molar-refractivity contribution is 14.1. The first-order chi connectivity index (χ1) is 11.8. The zero-order chi connectivity index (χ0) is 18.2. The third-order valence-electron chi connectivity index (χ3n) is 3.46. The molecule has 130 valence electrons. The molecule has 0 saturated heterocycles. The van der Waals surface area contributed by atoms with Gasteiger partial charge in [-0.05, 0) is 31.2 Å². The molecule has 0 aliphatic carbocycles. The molecule has 0 saturated carbocycles. The lowest BCUT2D eigenvalue weighted by Gasteiger charge is -2.03. The van der Waals surface area contributed by atoms with E-state index in [1.807, 2.05) is 0 Å². The van der Waals surface area contributed by atoms with Crippen molar-refractivity contribution in [2.24, 2.45) is 0 Å². The Balaban J connectivity index is 1.96. The zero-order valence-electron chi connectivity index (χ0n) is 12.6. The van der Waals surface area contributed by atoms with Crippen LogP contribution in [0.1, 0.15) is 26.6 Å². The molecule has 25 heavy (non-hydrogen) atoms. The van der Waals surface area contributed by atoms with Crippen LogP contribution >= 0.6 is 34.3 Å². The summed E-state index contributed by atoms with van der Waals surface area (Å²) < 4.78 is 48.0. The molecule has 0 atom stereocenters. The fourth-order valence-corrected chi connectivity index (χ4v) is 3.65. The van der Waals surface area contributed by atoms with E-state index in [1.165, 1.54) is 6.92 Å². The van der Waals surface area contributed by atoms with E-state index >= 15 is 0 Å². The van der Waals surface area contributed by atoms with Gasteiger partial charge >= 0.3 is 6.18 Å². The fourth-order valence-electron chi connectivity index (χ4n) is 2.27. The summed E-state index contributed by atoms with van der Waals surface area (Å²) in [6.07, 6.45) is -4.61. The number of hydrogen-bond acceptors (Lipinski definition) is 5. The van der Waals surface area contributed by atoms with Crippen LogP contribution in [0.15, 0.2) is 40.9 Å². The summed E-state index contributed by atoms with van der Waals surface area (Å²) in [6, 6.07) is 9.83. The van der Waals surface area contributed by atoms with Crippen molar-refractivity contribution in [3.8, 4) is 16.3 Å². The number of rotatable bonds is 4. The maximum Gasteiger partial charge on any atom is 0.452 e. The zero-order valence-corrected chi connectivity index (χ0v) is 15.5. The van der Waals surface area contributed by atoms with Crippen molar-refractivity contribution in [2.45, 2.75) is 13.1 Å². The van der Waals surface area contributed by atoms with Crippen LogP contribution in [0.4, 0.5) is 13.2 Å². The number of nitrogens with zero attached hydrogens (tertiary/aromatic N) is 1. The quantitative estimate of drug-likeness (QED) is 0.357. The summed E-state index contributed by atoms with van der Waals surface area (Å²) in [7, 11) is 0. The van der Waals surface area contributed by atoms with E-state index in [2.05, 4.69) is 9.68 Å². The van der Waals surface area contributed by atoms with E-state index in [9.17, 15) is 18.0 Å². The van der Waals surface area contributed by atoms with Crippen LogP contribution in [-0.2, 0) is 6.18 Å². The number of hydrogen-bond donors (Lipinski definition) is 0. The first kappa shape index (κ1) is 17.9. The summed E-state index contributed by atoms with van der Waals surface area (Å²) in [6.45, 7) is 1.29. The third-order valence-corrected chi connectivity index (χ3v) is 5.02. The number of alkyl halides is 3. The van der Waals surface area contributed by atoms with Gasteiger partial charge in [0.1, 0.15) is 11.4 Å². The highest BCUT2D eigenvalue weighted by atomic mass is 127. The molecule has 0 spiro atoms. The van der Waals surface area contributed by atoms with Gasteiger partial charge in [0, 0.05) is 5.56 Å². The maximum atomic E-state index is 12.8. The molecule has 0 N–H and O–H groups in total. The van der Waals surface area contributed by atoms with E-state index in [4.69, 9.17) is 3.07 Å². The minimum atomic E-state index is -4.61. The summed E-state index contributed by atoms with van der Waals surface area (Å²) in [5, 5.41) is 3.51. The minimum Gasteiger partial charge on any atom is -0.427 e. The predicted molar refractivity (Wildman–Crippen MR) is 94.1 cm³/mol. The van der Waals surface area contributed by atoms with Gasteiger partial charge in [-0.3, -0.25) is 4.79 Å². The Morgan fingerprint density at radius 2 is 1.96 bits per heavy atom. The van der Waals surface area contributed by atoms with Gasteiger partial charge < -0.3 is 7.59 Å². The molecular weight excluding hydrogens is 470 g/mol. The van der Waals surface area contributed by atoms with Crippen LogP contribution in [0, 0.1) is 6.92 Å². The van der Waals surface area contributed by atoms with Gasteiger partial charge in [0.25, 0.3) is 0 Å². The van der Waals surface area contributed by atoms with Gasteiger partial charge in [0.15, 0.2) is 23.0 Å². The Bertz CT molecular complexity index is 933. The second-order valence-electron chi connectivity index (χ2n) is 5.05. The maximum absolute atomic E-state index is 12.8. The summed E-state index contributed by atoms with van der Waals surface area (Å²) >= 11 is 2.73. The van der Waals surface area contributed by atoms with Crippen LogP contribution < -0.4 is 3.07 Å². The fraction of sp³-hybridized carbons (Fsp3) is 0.125. The molecule has 3 aromatic rings. The number of benzene rings is 1. The molecular formula is C16H9F3INO3S. The average Bonchev–Trinajstić information content (AvgIpc) is 3.20. The van der Waals surface area contributed by atoms with Crippen LogP contribution in [0.5, 0.6) is 5.75 Å². The van der Waals surface area contributed by atoms with Gasteiger partial charge in [-0.15, -0.1) is 11.3 Å². The molecule has 0 amide bonds. The van der Waals surface area contributed by atoms with Gasteiger partial charge in [-0.1, -0.05) is 17.3 Å². The lowest BCUT2D eigenvalue weighted by atomic mass is 10.1. The Labute approximate surface area is 158 Å². The van der Waals surface area contributed by atoms with Crippen molar-refractivity contribution in [3.05, 3.63) is 58.2 Å². The van der Waals surface area contributed by atoms with Crippen molar-refractivity contribution in [1.82, 2.24) is 5.16 Å². The molecule has 1 aromatic carbocycles. The SMILES string of the molecule is Cc1c(-c2ccc(C(=O)c3ccccc3OI)s2)noc1C(F)(F)F. The first-order valence-electron chi connectivity index (χ1n) is 6.89. The van der Waals surface area contributed by atoms with E-state index < -0.39 is 11.9 Å². The van der Waals surface area contributed by atoms with E-state index in [1.54, 1.807) is 59.4 Å². The van der Waals surface area contributed by atoms with Crippen molar-refractivity contribution in [3.63, 3.8) is 0 Å². The van der Waals surface area contributed by atoms with Gasteiger partial charge in [-0.2, -0.15) is 13.2 Å². The second kappa shape index (κ2) is 6.79. The molecule has 3 rings (SSSR count). The standard InChI is InChI=1S/C16H9F3INO3S/c1-8-13(21-24-15(8)16(17,18)19)11-6-7-12(25-11)14(22)9-4-2-3-5-10(9)23-20/h2-7H,1H3. The number of thiophene rings is 1. The third kappa shape index (κ3) is 3.43. The molecule has 0 aliphatic rings. The number of aromatic nitrogens is 1. The van der Waals surface area contributed by atoms with E-state index in [-0.39, 0.29) is 17.0 Å². The summed E-state index contributed by atoms with van der Waals surface area (Å²) in [4.78, 5) is 13.4. The first-order valence-corrected chi connectivity index (χ1v) is 8.58. The van der Waals surface area contributed by atoms with Crippen LogP contribution in [0.2, 0.25) is 0 Å². The highest BCUT2D eigenvalue weighted by Gasteiger charge is 2.39. The molecule has 0 aliphatic heterocycles.